The Bertz CT molecular complexity index is 228. The molecule has 0 spiro atoms. The number of hydrogen-bond acceptors (Lipinski definition) is 1. The molecule has 0 radical (unpaired) electrons. The van der Waals surface area contributed by atoms with E-state index in [4.69, 9.17) is 0 Å². The van der Waals surface area contributed by atoms with Gasteiger partial charge in [-0.1, -0.05) is 27.2 Å². The van der Waals surface area contributed by atoms with Crippen LogP contribution >= 0.6 is 0 Å². The van der Waals surface area contributed by atoms with E-state index in [1.807, 2.05) is 0 Å². The van der Waals surface area contributed by atoms with E-state index in [0.29, 0.717) is 10.8 Å². The molecule has 1 aliphatic heterocycles. The summed E-state index contributed by atoms with van der Waals surface area (Å²) in [5.74, 6) is 0. The average molecular weight is 209 g/mol. The first-order chi connectivity index (χ1) is 6.93. The molecule has 1 saturated carbocycles. The summed E-state index contributed by atoms with van der Waals surface area (Å²) in [6.45, 7) is 8.56. The zero-order valence-electron chi connectivity index (χ0n) is 11.0. The van der Waals surface area contributed by atoms with Crippen molar-refractivity contribution < 1.29 is 0 Å². The van der Waals surface area contributed by atoms with E-state index in [9.17, 15) is 0 Å². The van der Waals surface area contributed by atoms with Crippen LogP contribution in [0.1, 0.15) is 59.3 Å². The summed E-state index contributed by atoms with van der Waals surface area (Å²) in [5, 5.41) is 0. The Morgan fingerprint density at radius 2 is 1.87 bits per heavy atom. The Labute approximate surface area is 95.2 Å². The van der Waals surface area contributed by atoms with Gasteiger partial charge >= 0.3 is 0 Å². The molecule has 0 aromatic carbocycles. The van der Waals surface area contributed by atoms with Gasteiger partial charge in [0.1, 0.15) is 0 Å². The van der Waals surface area contributed by atoms with E-state index in [-0.39, 0.29) is 0 Å². The van der Waals surface area contributed by atoms with Crippen LogP contribution in [0.15, 0.2) is 0 Å². The van der Waals surface area contributed by atoms with E-state index in [1.165, 1.54) is 45.1 Å². The fourth-order valence-electron chi connectivity index (χ4n) is 4.29. The second kappa shape index (κ2) is 3.76. The fraction of sp³-hybridized carbons (Fsp3) is 1.00. The number of rotatable bonds is 1. The van der Waals surface area contributed by atoms with Crippen LogP contribution in [0.4, 0.5) is 0 Å². The largest absolute Gasteiger partial charge is 0.303 e. The molecule has 2 aliphatic rings. The highest BCUT2D eigenvalue weighted by Crippen LogP contribution is 2.52. The Morgan fingerprint density at radius 3 is 2.53 bits per heavy atom. The number of nitrogens with zero attached hydrogens (tertiary/aromatic N) is 1. The predicted octanol–water partition coefficient (Wildman–Crippen LogP) is 3.69. The number of piperidine rings is 1. The van der Waals surface area contributed by atoms with Crippen LogP contribution < -0.4 is 0 Å². The molecule has 1 saturated heterocycles. The van der Waals surface area contributed by atoms with Gasteiger partial charge in [0, 0.05) is 6.04 Å². The Morgan fingerprint density at radius 1 is 1.20 bits per heavy atom. The van der Waals surface area contributed by atoms with Crippen molar-refractivity contribution >= 4 is 0 Å². The minimum Gasteiger partial charge on any atom is -0.303 e. The van der Waals surface area contributed by atoms with Gasteiger partial charge in [-0.3, -0.25) is 0 Å². The van der Waals surface area contributed by atoms with E-state index in [0.717, 1.165) is 6.04 Å². The quantitative estimate of drug-likeness (QED) is 0.636. The van der Waals surface area contributed by atoms with Crippen molar-refractivity contribution in [1.82, 2.24) is 4.90 Å². The number of hydrogen-bond donors (Lipinski definition) is 0. The summed E-state index contributed by atoms with van der Waals surface area (Å²) in [6, 6.07) is 0.894. The fourth-order valence-corrected chi connectivity index (χ4v) is 4.29. The highest BCUT2D eigenvalue weighted by Gasteiger charge is 2.47. The first kappa shape index (κ1) is 11.4. The third-order valence-electron chi connectivity index (χ3n) is 4.46. The van der Waals surface area contributed by atoms with Gasteiger partial charge in [-0.05, 0) is 56.5 Å². The molecule has 88 valence electrons. The van der Waals surface area contributed by atoms with E-state index in [2.05, 4.69) is 32.7 Å². The lowest BCUT2D eigenvalue weighted by Crippen LogP contribution is -2.48. The highest BCUT2D eigenvalue weighted by molar-refractivity contribution is 5.01. The molecule has 1 nitrogen and oxygen atoms in total. The van der Waals surface area contributed by atoms with Crippen molar-refractivity contribution in [3.63, 3.8) is 0 Å². The topological polar surface area (TPSA) is 3.24 Å². The van der Waals surface area contributed by atoms with Gasteiger partial charge in [0.05, 0.1) is 0 Å². The summed E-state index contributed by atoms with van der Waals surface area (Å²) in [6.07, 6.45) is 8.73. The van der Waals surface area contributed by atoms with Crippen molar-refractivity contribution in [3.8, 4) is 0 Å². The number of likely N-dealkylation sites (tertiary alicyclic amines) is 1. The molecule has 2 atom stereocenters. The molecule has 0 N–H and O–H groups in total. The summed E-state index contributed by atoms with van der Waals surface area (Å²) < 4.78 is 0. The molecule has 1 heteroatoms. The van der Waals surface area contributed by atoms with Crippen LogP contribution in [-0.4, -0.2) is 24.5 Å². The van der Waals surface area contributed by atoms with Gasteiger partial charge in [-0.15, -0.1) is 0 Å². The van der Waals surface area contributed by atoms with Crippen LogP contribution in [-0.2, 0) is 0 Å². The van der Waals surface area contributed by atoms with Crippen molar-refractivity contribution in [2.24, 2.45) is 10.8 Å². The monoisotopic (exact) mass is 209 g/mol. The number of fused-ring (bicyclic) bond motifs is 1. The highest BCUT2D eigenvalue weighted by atomic mass is 15.2. The van der Waals surface area contributed by atoms with Crippen molar-refractivity contribution in [3.05, 3.63) is 0 Å². The van der Waals surface area contributed by atoms with E-state index < -0.39 is 0 Å². The minimum atomic E-state index is 0.501. The van der Waals surface area contributed by atoms with Crippen molar-refractivity contribution in [2.75, 3.05) is 13.6 Å². The molecule has 0 aromatic heterocycles. The lowest BCUT2D eigenvalue weighted by atomic mass is 9.66. The van der Waals surface area contributed by atoms with Gasteiger partial charge in [0.15, 0.2) is 0 Å². The average Bonchev–Trinajstić information content (AvgIpc) is 2.45. The molecule has 0 unspecified atom stereocenters. The Balaban J connectivity index is 2.16. The molecule has 0 bridgehead atoms. The smallest absolute Gasteiger partial charge is 0.0149 e. The Kier molecular flexibility index (Phi) is 2.87. The van der Waals surface area contributed by atoms with Crippen LogP contribution in [0, 0.1) is 10.8 Å². The summed E-state index contributed by atoms with van der Waals surface area (Å²) in [5.41, 5.74) is 1.17. The lowest BCUT2D eigenvalue weighted by molar-refractivity contribution is 0.0223. The molecule has 1 heterocycles. The first-order valence-electron chi connectivity index (χ1n) is 6.63. The van der Waals surface area contributed by atoms with E-state index >= 15 is 0 Å². The zero-order valence-corrected chi connectivity index (χ0v) is 11.0. The van der Waals surface area contributed by atoms with Gasteiger partial charge in [0.2, 0.25) is 0 Å². The normalized spacial score (nSPS) is 38.0. The second-order valence-electron chi connectivity index (χ2n) is 7.09. The first-order valence-corrected chi connectivity index (χ1v) is 6.63. The third kappa shape index (κ3) is 2.22. The van der Waals surface area contributed by atoms with Crippen LogP contribution in [0.2, 0.25) is 0 Å². The summed E-state index contributed by atoms with van der Waals surface area (Å²) in [7, 11) is 2.34. The maximum atomic E-state index is 2.64. The van der Waals surface area contributed by atoms with Gasteiger partial charge in [0.25, 0.3) is 0 Å². The molecule has 1 aliphatic carbocycles. The molecular weight excluding hydrogens is 182 g/mol. The van der Waals surface area contributed by atoms with Gasteiger partial charge in [-0.2, -0.15) is 0 Å². The minimum absolute atomic E-state index is 0.501. The van der Waals surface area contributed by atoms with Crippen LogP contribution in [0.25, 0.3) is 0 Å². The molecule has 15 heavy (non-hydrogen) atoms. The summed E-state index contributed by atoms with van der Waals surface area (Å²) >= 11 is 0. The van der Waals surface area contributed by atoms with Crippen molar-refractivity contribution in [2.45, 2.75) is 65.3 Å². The van der Waals surface area contributed by atoms with Crippen molar-refractivity contribution in [1.29, 1.82) is 0 Å². The molecule has 0 aromatic rings. The SMILES string of the molecule is CN1CCC[C@@]2(CC(C)(C)C)CCC[C@@H]12. The maximum absolute atomic E-state index is 2.64. The van der Waals surface area contributed by atoms with Crippen LogP contribution in [0.5, 0.6) is 0 Å². The molecule has 0 amide bonds. The lowest BCUT2D eigenvalue weighted by Gasteiger charge is -2.48. The maximum Gasteiger partial charge on any atom is 0.0149 e. The standard InChI is InChI=1S/C14H27N/c1-13(2,3)11-14-8-5-7-12(14)15(4)10-6-9-14/h12H,5-11H2,1-4H3/t12-,14-/m1/s1. The summed E-state index contributed by atoms with van der Waals surface area (Å²) in [4.78, 5) is 2.64. The van der Waals surface area contributed by atoms with E-state index in [1.54, 1.807) is 0 Å². The predicted molar refractivity (Wildman–Crippen MR) is 66.0 cm³/mol. The molecular formula is C14H27N. The Hall–Kier alpha value is -0.0400. The van der Waals surface area contributed by atoms with Crippen LogP contribution in [0.3, 0.4) is 0 Å². The molecule has 2 fully saturated rings. The zero-order chi connectivity index (χ0) is 11.1. The van der Waals surface area contributed by atoms with Gasteiger partial charge < -0.3 is 4.90 Å². The molecule has 2 rings (SSSR count). The van der Waals surface area contributed by atoms with Gasteiger partial charge in [-0.25, -0.2) is 0 Å². The second-order valence-corrected chi connectivity index (χ2v) is 7.09. The third-order valence-corrected chi connectivity index (χ3v) is 4.46.